The van der Waals surface area contributed by atoms with Gasteiger partial charge in [-0.1, -0.05) is 29.8 Å². The first kappa shape index (κ1) is 22.3. The minimum absolute atomic E-state index is 0.148. The van der Waals surface area contributed by atoms with E-state index < -0.39 is 21.4 Å². The number of nitrogens with one attached hydrogen (secondary N) is 2. The average Bonchev–Trinajstić information content (AvgIpc) is 2.80. The molecule has 0 bridgehead atoms. The molecule has 2 N–H and O–H groups in total. The molecule has 9 heteroatoms. The fourth-order valence-corrected chi connectivity index (χ4v) is 5.11. The number of sulfonamides is 1. The van der Waals surface area contributed by atoms with Crippen molar-refractivity contribution in [2.75, 3.05) is 31.1 Å². The number of nitrogens with zero attached hydrogens (tertiary/aromatic N) is 3. The van der Waals surface area contributed by atoms with Gasteiger partial charge in [-0.25, -0.2) is 22.8 Å². The molecular weight excluding hydrogens is 429 g/mol. The van der Waals surface area contributed by atoms with E-state index in [4.69, 9.17) is 0 Å². The zero-order chi connectivity index (χ0) is 22.8. The largest absolute Gasteiger partial charge is 0.338 e. The highest BCUT2D eigenvalue weighted by molar-refractivity contribution is 7.89. The lowest BCUT2D eigenvalue weighted by atomic mass is 9.87. The summed E-state index contributed by atoms with van der Waals surface area (Å²) in [7, 11) is -3.89. The zero-order valence-corrected chi connectivity index (χ0v) is 18.9. The Morgan fingerprint density at radius 3 is 2.16 bits per heavy atom. The van der Waals surface area contributed by atoms with Crippen LogP contribution in [0.4, 0.5) is 10.3 Å². The minimum atomic E-state index is -3.89. The van der Waals surface area contributed by atoms with Crippen LogP contribution < -0.4 is 14.9 Å². The van der Waals surface area contributed by atoms with Crippen LogP contribution in [0.5, 0.6) is 0 Å². The first-order chi connectivity index (χ1) is 15.3. The summed E-state index contributed by atoms with van der Waals surface area (Å²) < 4.78 is 42.9. The number of anilines is 1. The van der Waals surface area contributed by atoms with Gasteiger partial charge in [0.15, 0.2) is 0 Å². The van der Waals surface area contributed by atoms with E-state index in [-0.39, 0.29) is 4.90 Å². The van der Waals surface area contributed by atoms with Crippen molar-refractivity contribution >= 4 is 16.0 Å². The predicted octanol–water partition coefficient (Wildman–Crippen LogP) is 2.58. The van der Waals surface area contributed by atoms with Crippen molar-refractivity contribution in [2.45, 2.75) is 24.3 Å². The third-order valence-electron chi connectivity index (χ3n) is 5.71. The van der Waals surface area contributed by atoms with Gasteiger partial charge in [0.05, 0.1) is 10.4 Å². The molecule has 1 aliphatic rings. The normalized spacial score (nSPS) is 16.5. The van der Waals surface area contributed by atoms with Crippen LogP contribution in [-0.4, -0.2) is 44.6 Å². The molecule has 32 heavy (non-hydrogen) atoms. The van der Waals surface area contributed by atoms with Gasteiger partial charge in [0, 0.05) is 44.1 Å². The van der Waals surface area contributed by atoms with E-state index in [1.807, 2.05) is 6.92 Å². The Labute approximate surface area is 187 Å². The number of rotatable bonds is 6. The molecule has 1 aromatic heterocycles. The van der Waals surface area contributed by atoms with Gasteiger partial charge < -0.3 is 10.2 Å². The summed E-state index contributed by atoms with van der Waals surface area (Å²) in [5.41, 5.74) is 0.883. The minimum Gasteiger partial charge on any atom is -0.338 e. The molecule has 1 saturated heterocycles. The number of aromatic nitrogens is 2. The molecule has 3 aromatic rings. The van der Waals surface area contributed by atoms with Crippen LogP contribution in [0.15, 0.2) is 65.8 Å². The average molecular weight is 456 g/mol. The van der Waals surface area contributed by atoms with Crippen molar-refractivity contribution in [3.63, 3.8) is 0 Å². The topological polar surface area (TPSA) is 87.2 Å². The first-order valence-corrected chi connectivity index (χ1v) is 11.9. The number of hydrogen-bond donors (Lipinski definition) is 2. The lowest BCUT2D eigenvalue weighted by molar-refractivity contribution is 0.498. The molecule has 7 nitrogen and oxygen atoms in total. The molecule has 0 radical (unpaired) electrons. The van der Waals surface area contributed by atoms with Gasteiger partial charge in [0.25, 0.3) is 0 Å². The second kappa shape index (κ2) is 8.93. The Morgan fingerprint density at radius 1 is 0.969 bits per heavy atom. The van der Waals surface area contributed by atoms with Crippen LogP contribution in [0.3, 0.4) is 0 Å². The fourth-order valence-electron chi connectivity index (χ4n) is 3.72. The van der Waals surface area contributed by atoms with Crippen molar-refractivity contribution in [3.05, 3.63) is 83.4 Å². The van der Waals surface area contributed by atoms with Gasteiger partial charge in [-0.05, 0) is 43.7 Å². The summed E-state index contributed by atoms with van der Waals surface area (Å²) in [5, 5.41) is 3.29. The van der Waals surface area contributed by atoms with Crippen molar-refractivity contribution in [1.82, 2.24) is 20.0 Å². The van der Waals surface area contributed by atoms with Gasteiger partial charge in [-0.15, -0.1) is 0 Å². The van der Waals surface area contributed by atoms with E-state index in [0.717, 1.165) is 31.7 Å². The van der Waals surface area contributed by atoms with E-state index in [0.29, 0.717) is 17.1 Å². The smallest absolute Gasteiger partial charge is 0.241 e. The summed E-state index contributed by atoms with van der Waals surface area (Å²) in [6.45, 7) is 6.94. The van der Waals surface area contributed by atoms with Crippen LogP contribution in [0.2, 0.25) is 0 Å². The first-order valence-electron chi connectivity index (χ1n) is 10.4. The van der Waals surface area contributed by atoms with E-state index >= 15 is 0 Å². The monoisotopic (exact) mass is 455 g/mol. The molecule has 0 unspecified atom stereocenters. The van der Waals surface area contributed by atoms with Crippen molar-refractivity contribution < 1.29 is 12.8 Å². The molecule has 1 fully saturated rings. The van der Waals surface area contributed by atoms with Crippen molar-refractivity contribution in [2.24, 2.45) is 0 Å². The van der Waals surface area contributed by atoms with Crippen molar-refractivity contribution in [3.8, 4) is 0 Å². The highest BCUT2D eigenvalue weighted by Gasteiger charge is 2.35. The Morgan fingerprint density at radius 2 is 1.56 bits per heavy atom. The maximum absolute atomic E-state index is 13.6. The van der Waals surface area contributed by atoms with E-state index in [1.165, 1.54) is 12.1 Å². The Balaban J connectivity index is 1.72. The number of benzene rings is 2. The summed E-state index contributed by atoms with van der Waals surface area (Å²) in [4.78, 5) is 11.2. The van der Waals surface area contributed by atoms with E-state index in [9.17, 15) is 12.8 Å². The molecule has 4 rings (SSSR count). The second-order valence-corrected chi connectivity index (χ2v) is 9.74. The number of piperazine rings is 1. The third-order valence-corrected chi connectivity index (χ3v) is 7.28. The molecule has 2 aromatic carbocycles. The van der Waals surface area contributed by atoms with Gasteiger partial charge in [-0.2, -0.15) is 4.72 Å². The fraction of sp³-hybridized carbons (Fsp3) is 0.304. The Kier molecular flexibility index (Phi) is 6.23. The molecule has 1 aliphatic heterocycles. The van der Waals surface area contributed by atoms with E-state index in [2.05, 4.69) is 24.9 Å². The summed E-state index contributed by atoms with van der Waals surface area (Å²) >= 11 is 0. The van der Waals surface area contributed by atoms with Crippen LogP contribution in [0, 0.1) is 12.7 Å². The summed E-state index contributed by atoms with van der Waals surface area (Å²) in [6, 6.07) is 12.4. The molecule has 0 amide bonds. The van der Waals surface area contributed by atoms with Crippen LogP contribution >= 0.6 is 0 Å². The van der Waals surface area contributed by atoms with Gasteiger partial charge >= 0.3 is 0 Å². The molecule has 168 valence electrons. The van der Waals surface area contributed by atoms with Gasteiger partial charge in [-0.3, -0.25) is 0 Å². The molecule has 0 aliphatic carbocycles. The second-order valence-electron chi connectivity index (χ2n) is 8.06. The maximum Gasteiger partial charge on any atom is 0.241 e. The van der Waals surface area contributed by atoms with Crippen LogP contribution in [-0.2, 0) is 15.6 Å². The van der Waals surface area contributed by atoms with Gasteiger partial charge in [0.1, 0.15) is 5.82 Å². The molecule has 0 spiro atoms. The Hall–Kier alpha value is -2.88. The lowest BCUT2D eigenvalue weighted by Crippen LogP contribution is -2.45. The summed E-state index contributed by atoms with van der Waals surface area (Å²) in [5.74, 6) is 0.195. The third kappa shape index (κ3) is 4.64. The molecule has 0 saturated carbocycles. The lowest BCUT2D eigenvalue weighted by Gasteiger charge is -2.32. The Bertz CT molecular complexity index is 1160. The highest BCUT2D eigenvalue weighted by Crippen LogP contribution is 2.31. The van der Waals surface area contributed by atoms with Crippen LogP contribution in [0.1, 0.15) is 23.6 Å². The van der Waals surface area contributed by atoms with E-state index in [1.54, 1.807) is 55.7 Å². The number of hydrogen-bond acceptors (Lipinski definition) is 6. The summed E-state index contributed by atoms with van der Waals surface area (Å²) in [6.07, 6.45) is 3.26. The SMILES string of the molecule is Cc1ccc(S(=O)(=O)N[C@@](C)(c2ccc(F)cc2)c2cnc(N3CCNCC3)nc2)cc1. The number of halogens is 1. The van der Waals surface area contributed by atoms with Crippen LogP contribution in [0.25, 0.3) is 0 Å². The highest BCUT2D eigenvalue weighted by atomic mass is 32.2. The molecular formula is C23H26FN5O2S. The van der Waals surface area contributed by atoms with Crippen molar-refractivity contribution in [1.29, 1.82) is 0 Å². The molecule has 2 heterocycles. The van der Waals surface area contributed by atoms with Gasteiger partial charge in [0.2, 0.25) is 16.0 Å². The number of aryl methyl sites for hydroxylation is 1. The predicted molar refractivity (Wildman–Crippen MR) is 121 cm³/mol. The maximum atomic E-state index is 13.6. The quantitative estimate of drug-likeness (QED) is 0.594. The molecule has 1 atom stereocenters. The standard InChI is InChI=1S/C23H26FN5O2S/c1-17-3-9-21(10-4-17)32(30,31)28-23(2,18-5-7-20(24)8-6-18)19-15-26-22(27-16-19)29-13-11-25-12-14-29/h3-10,15-16,25,28H,11-14H2,1-2H3/t23-/m0/s1. The zero-order valence-electron chi connectivity index (χ0n) is 18.0.